The van der Waals surface area contributed by atoms with Crippen LogP contribution in [0.5, 0.6) is 5.75 Å². The molecule has 26 heavy (non-hydrogen) atoms. The van der Waals surface area contributed by atoms with E-state index in [4.69, 9.17) is 4.74 Å². The third kappa shape index (κ3) is 4.10. The van der Waals surface area contributed by atoms with Gasteiger partial charge < -0.3 is 4.74 Å². The van der Waals surface area contributed by atoms with Crippen LogP contribution in [-0.4, -0.2) is 32.2 Å². The summed E-state index contributed by atoms with van der Waals surface area (Å²) in [5, 5.41) is 0. The zero-order valence-electron chi connectivity index (χ0n) is 16.0. The van der Waals surface area contributed by atoms with Crippen molar-refractivity contribution in [3.8, 4) is 5.75 Å². The fraction of sp³-hybridized carbons (Fsp3) is 0.429. The van der Waals surface area contributed by atoms with Crippen LogP contribution in [0.1, 0.15) is 37.0 Å². The molecule has 0 saturated carbocycles. The van der Waals surface area contributed by atoms with Crippen molar-refractivity contribution in [3.63, 3.8) is 0 Å². The predicted octanol–water partition coefficient (Wildman–Crippen LogP) is 3.83. The first-order valence-electron chi connectivity index (χ1n) is 8.89. The largest absolute Gasteiger partial charge is 0.497 e. The van der Waals surface area contributed by atoms with Gasteiger partial charge in [0.15, 0.2) is 9.84 Å². The monoisotopic (exact) mass is 373 g/mol. The van der Waals surface area contributed by atoms with E-state index < -0.39 is 9.84 Å². The van der Waals surface area contributed by atoms with Crippen molar-refractivity contribution in [2.24, 2.45) is 0 Å². The van der Waals surface area contributed by atoms with Crippen LogP contribution in [0.4, 0.5) is 0 Å². The lowest BCUT2D eigenvalue weighted by Crippen LogP contribution is -2.40. The molecule has 4 nitrogen and oxygen atoms in total. The molecule has 2 aromatic rings. The van der Waals surface area contributed by atoms with Gasteiger partial charge in [-0.05, 0) is 67.6 Å². The summed E-state index contributed by atoms with van der Waals surface area (Å²) < 4.78 is 28.8. The molecular formula is C21H27NO3S. The molecule has 1 aliphatic heterocycles. The molecule has 1 aliphatic rings. The average Bonchev–Trinajstić information content (AvgIpc) is 3.04. The predicted molar refractivity (Wildman–Crippen MR) is 104 cm³/mol. The van der Waals surface area contributed by atoms with Gasteiger partial charge in [0.25, 0.3) is 0 Å². The van der Waals surface area contributed by atoms with E-state index in [1.807, 2.05) is 24.3 Å². The number of aryl methyl sites for hydroxylation is 1. The first-order valence-corrected chi connectivity index (χ1v) is 10.8. The normalized spacial score (nSPS) is 15.1. The van der Waals surface area contributed by atoms with Crippen LogP contribution in [0.2, 0.25) is 0 Å². The zero-order valence-corrected chi connectivity index (χ0v) is 16.8. The zero-order chi connectivity index (χ0) is 18.9. The molecule has 0 bridgehead atoms. The lowest BCUT2D eigenvalue weighted by molar-refractivity contribution is 0.109. The third-order valence-electron chi connectivity index (χ3n) is 5.37. The van der Waals surface area contributed by atoms with Crippen LogP contribution in [0.15, 0.2) is 47.4 Å². The highest BCUT2D eigenvalue weighted by atomic mass is 32.2. The summed E-state index contributed by atoms with van der Waals surface area (Å²) in [6, 6.07) is 13.8. The van der Waals surface area contributed by atoms with Crippen LogP contribution in [-0.2, 0) is 29.3 Å². The Kier molecular flexibility index (Phi) is 5.13. The second-order valence-corrected chi connectivity index (χ2v) is 9.73. The highest BCUT2D eigenvalue weighted by molar-refractivity contribution is 7.90. The Balaban J connectivity index is 1.68. The SMILES string of the molecule is COc1ccc(CCC(C)(C)N2Cc3ccc(S(C)(=O)=O)cc3C2)cc1. The van der Waals surface area contributed by atoms with E-state index in [2.05, 4.69) is 30.9 Å². The number of sulfone groups is 1. The Morgan fingerprint density at radius 2 is 1.69 bits per heavy atom. The second-order valence-electron chi connectivity index (χ2n) is 7.72. The Morgan fingerprint density at radius 1 is 1.04 bits per heavy atom. The Hall–Kier alpha value is -1.85. The van der Waals surface area contributed by atoms with Crippen LogP contribution in [0, 0.1) is 0 Å². The van der Waals surface area contributed by atoms with E-state index >= 15 is 0 Å². The standard InChI is InChI=1S/C21H27NO3S/c1-21(2,12-11-16-5-8-19(25-3)9-6-16)22-14-17-7-10-20(26(4,23)24)13-18(17)15-22/h5-10,13H,11-12,14-15H2,1-4H3. The first-order chi connectivity index (χ1) is 12.2. The molecule has 0 aromatic heterocycles. The highest BCUT2D eigenvalue weighted by Gasteiger charge is 2.32. The number of hydrogen-bond donors (Lipinski definition) is 0. The quantitative estimate of drug-likeness (QED) is 0.772. The van der Waals surface area contributed by atoms with Gasteiger partial charge in [-0.15, -0.1) is 0 Å². The highest BCUT2D eigenvalue weighted by Crippen LogP contribution is 2.33. The van der Waals surface area contributed by atoms with Gasteiger partial charge in [0, 0.05) is 24.9 Å². The molecule has 140 valence electrons. The number of hydrogen-bond acceptors (Lipinski definition) is 4. The fourth-order valence-corrected chi connectivity index (χ4v) is 4.10. The van der Waals surface area contributed by atoms with Gasteiger partial charge in [0.05, 0.1) is 12.0 Å². The summed E-state index contributed by atoms with van der Waals surface area (Å²) in [6.45, 7) is 6.20. The molecule has 0 radical (unpaired) electrons. The minimum Gasteiger partial charge on any atom is -0.497 e. The van der Waals surface area contributed by atoms with Gasteiger partial charge in [-0.3, -0.25) is 4.90 Å². The van der Waals surface area contributed by atoms with E-state index in [-0.39, 0.29) is 5.54 Å². The molecule has 0 N–H and O–H groups in total. The van der Waals surface area contributed by atoms with E-state index in [1.165, 1.54) is 17.4 Å². The first kappa shape index (κ1) is 18.9. The summed E-state index contributed by atoms with van der Waals surface area (Å²) in [6.07, 6.45) is 3.30. The van der Waals surface area contributed by atoms with Crippen molar-refractivity contribution < 1.29 is 13.2 Å². The lowest BCUT2D eigenvalue weighted by Gasteiger charge is -2.35. The molecule has 0 amide bonds. The van der Waals surface area contributed by atoms with Crippen molar-refractivity contribution in [2.75, 3.05) is 13.4 Å². The maximum Gasteiger partial charge on any atom is 0.175 e. The smallest absolute Gasteiger partial charge is 0.175 e. The topological polar surface area (TPSA) is 46.6 Å². The summed E-state index contributed by atoms with van der Waals surface area (Å²) in [7, 11) is -1.48. The Labute approximate surface area is 156 Å². The minimum atomic E-state index is -3.16. The van der Waals surface area contributed by atoms with Gasteiger partial charge in [-0.25, -0.2) is 8.42 Å². The van der Waals surface area contributed by atoms with E-state index in [1.54, 1.807) is 13.2 Å². The van der Waals surface area contributed by atoms with Crippen molar-refractivity contribution in [2.45, 2.75) is 50.2 Å². The van der Waals surface area contributed by atoms with Gasteiger partial charge in [0.1, 0.15) is 5.75 Å². The number of fused-ring (bicyclic) bond motifs is 1. The summed E-state index contributed by atoms with van der Waals surface area (Å²) >= 11 is 0. The van der Waals surface area contributed by atoms with E-state index in [9.17, 15) is 8.42 Å². The van der Waals surface area contributed by atoms with Gasteiger partial charge >= 0.3 is 0 Å². The molecule has 5 heteroatoms. The molecule has 0 atom stereocenters. The van der Waals surface area contributed by atoms with Crippen LogP contribution in [0.3, 0.4) is 0 Å². The van der Waals surface area contributed by atoms with E-state index in [0.29, 0.717) is 4.90 Å². The Bertz CT molecular complexity index is 886. The van der Waals surface area contributed by atoms with Crippen LogP contribution in [0.25, 0.3) is 0 Å². The van der Waals surface area contributed by atoms with Gasteiger partial charge in [-0.1, -0.05) is 18.2 Å². The Morgan fingerprint density at radius 3 is 2.31 bits per heavy atom. The summed E-state index contributed by atoms with van der Waals surface area (Å²) in [4.78, 5) is 2.85. The molecule has 0 spiro atoms. The molecule has 1 heterocycles. The molecule has 0 unspecified atom stereocenters. The van der Waals surface area contributed by atoms with Crippen molar-refractivity contribution >= 4 is 9.84 Å². The molecule has 3 rings (SSSR count). The van der Waals surface area contributed by atoms with Crippen LogP contribution >= 0.6 is 0 Å². The average molecular weight is 374 g/mol. The maximum absolute atomic E-state index is 11.8. The maximum atomic E-state index is 11.8. The second kappa shape index (κ2) is 7.05. The van der Waals surface area contributed by atoms with Crippen molar-refractivity contribution in [1.29, 1.82) is 0 Å². The number of rotatable bonds is 6. The third-order valence-corrected chi connectivity index (χ3v) is 6.48. The molecule has 0 fully saturated rings. The number of ether oxygens (including phenoxy) is 1. The van der Waals surface area contributed by atoms with Crippen molar-refractivity contribution in [3.05, 3.63) is 59.2 Å². The summed E-state index contributed by atoms with van der Waals surface area (Å²) in [5.74, 6) is 0.879. The van der Waals surface area contributed by atoms with E-state index in [0.717, 1.165) is 37.2 Å². The molecular weight excluding hydrogens is 346 g/mol. The molecule has 0 saturated heterocycles. The van der Waals surface area contributed by atoms with Gasteiger partial charge in [-0.2, -0.15) is 0 Å². The van der Waals surface area contributed by atoms with Gasteiger partial charge in [0.2, 0.25) is 0 Å². The summed E-state index contributed by atoms with van der Waals surface area (Å²) in [5.41, 5.74) is 3.69. The number of benzene rings is 2. The van der Waals surface area contributed by atoms with Crippen LogP contribution < -0.4 is 4.74 Å². The molecule has 2 aromatic carbocycles. The number of methoxy groups -OCH3 is 1. The minimum absolute atomic E-state index is 0.0319. The van der Waals surface area contributed by atoms with Crippen molar-refractivity contribution in [1.82, 2.24) is 4.90 Å². The fourth-order valence-electron chi connectivity index (χ4n) is 3.43. The lowest BCUT2D eigenvalue weighted by atomic mass is 9.93. The molecule has 0 aliphatic carbocycles. The number of nitrogens with zero attached hydrogens (tertiary/aromatic N) is 1.